The molecule has 4 aromatic rings. The third-order valence-electron chi connectivity index (χ3n) is 8.34. The molecular weight excluding hydrogens is 551 g/mol. The number of halogens is 1. The molecule has 43 heavy (non-hydrogen) atoms. The number of hydrogen-bond acceptors (Lipinski definition) is 6. The predicted octanol–water partition coefficient (Wildman–Crippen LogP) is 4.11. The molecule has 2 aromatic carbocycles. The summed E-state index contributed by atoms with van der Waals surface area (Å²) in [6, 6.07) is 11.2. The number of aromatic nitrogens is 3. The van der Waals surface area contributed by atoms with E-state index in [0.29, 0.717) is 24.2 Å². The number of fused-ring (bicyclic) bond motifs is 1. The minimum absolute atomic E-state index is 0.0903. The smallest absolute Gasteiger partial charge is 0.336 e. The molecule has 224 valence electrons. The predicted molar refractivity (Wildman–Crippen MR) is 165 cm³/mol. The molecule has 0 bridgehead atoms. The van der Waals surface area contributed by atoms with E-state index in [2.05, 4.69) is 15.5 Å². The van der Waals surface area contributed by atoms with E-state index in [4.69, 9.17) is 0 Å². The van der Waals surface area contributed by atoms with Crippen LogP contribution in [0.1, 0.15) is 49.3 Å². The summed E-state index contributed by atoms with van der Waals surface area (Å²) in [7, 11) is 1.51. The highest BCUT2D eigenvalue weighted by atomic mass is 19.1. The Morgan fingerprint density at radius 3 is 2.42 bits per heavy atom. The highest BCUT2D eigenvalue weighted by molar-refractivity contribution is 5.95. The summed E-state index contributed by atoms with van der Waals surface area (Å²) in [5, 5.41) is 6.01. The van der Waals surface area contributed by atoms with Gasteiger partial charge in [0.2, 0.25) is 5.91 Å². The van der Waals surface area contributed by atoms with Gasteiger partial charge in [0.25, 0.3) is 11.1 Å². The number of amides is 1. The Kier molecular flexibility index (Phi) is 7.51. The van der Waals surface area contributed by atoms with Gasteiger partial charge in [-0.05, 0) is 88.5 Å². The first kappa shape index (κ1) is 28.6. The lowest BCUT2D eigenvalue weighted by Crippen LogP contribution is -2.41. The van der Waals surface area contributed by atoms with Gasteiger partial charge >= 0.3 is 5.69 Å². The molecule has 0 atom stereocenters. The zero-order chi connectivity index (χ0) is 30.4. The second kappa shape index (κ2) is 11.3. The first-order valence-corrected chi connectivity index (χ1v) is 14.7. The number of carbonyl (C=O) groups is 1. The second-order valence-electron chi connectivity index (χ2n) is 11.6. The van der Waals surface area contributed by atoms with Crippen molar-refractivity contribution in [2.75, 3.05) is 30.3 Å². The zero-order valence-corrected chi connectivity index (χ0v) is 24.6. The van der Waals surface area contributed by atoms with Gasteiger partial charge in [-0.25, -0.2) is 9.18 Å². The van der Waals surface area contributed by atoms with Crippen LogP contribution in [0, 0.1) is 19.7 Å². The number of carbonyl (C=O) groups excluding carboxylic acids is 1. The molecule has 11 heteroatoms. The molecule has 1 aliphatic heterocycles. The van der Waals surface area contributed by atoms with Crippen molar-refractivity contribution in [3.63, 3.8) is 0 Å². The molecule has 2 aliphatic rings. The van der Waals surface area contributed by atoms with E-state index in [-0.39, 0.29) is 46.5 Å². The van der Waals surface area contributed by atoms with Crippen LogP contribution < -0.4 is 27.4 Å². The topological polar surface area (TPSA) is 110 Å². The van der Waals surface area contributed by atoms with Crippen LogP contribution in [0.2, 0.25) is 0 Å². The van der Waals surface area contributed by atoms with Crippen LogP contribution in [0.3, 0.4) is 0 Å². The number of rotatable bonds is 7. The molecule has 1 aliphatic carbocycles. The lowest BCUT2D eigenvalue weighted by atomic mass is 10.1. The summed E-state index contributed by atoms with van der Waals surface area (Å²) in [6.45, 7) is 5.38. The molecule has 6 rings (SSSR count). The lowest BCUT2D eigenvalue weighted by Gasteiger charge is -2.25. The van der Waals surface area contributed by atoms with E-state index in [0.717, 1.165) is 31.5 Å². The molecular formula is C32H35FN6O4. The van der Waals surface area contributed by atoms with Crippen molar-refractivity contribution in [3.05, 3.63) is 90.6 Å². The van der Waals surface area contributed by atoms with Crippen molar-refractivity contribution in [3.8, 4) is 5.69 Å². The van der Waals surface area contributed by atoms with Crippen LogP contribution in [0.5, 0.6) is 0 Å². The fourth-order valence-corrected chi connectivity index (χ4v) is 5.95. The van der Waals surface area contributed by atoms with Crippen molar-refractivity contribution < 1.29 is 9.18 Å². The molecule has 3 heterocycles. The van der Waals surface area contributed by atoms with E-state index in [1.807, 2.05) is 0 Å². The van der Waals surface area contributed by atoms with Crippen LogP contribution in [0.15, 0.2) is 56.8 Å². The van der Waals surface area contributed by atoms with Crippen LogP contribution in [-0.4, -0.2) is 44.1 Å². The number of nitrogens with zero attached hydrogens (tertiary/aromatic N) is 4. The van der Waals surface area contributed by atoms with Gasteiger partial charge in [0, 0.05) is 24.3 Å². The van der Waals surface area contributed by atoms with Gasteiger partial charge in [0.05, 0.1) is 23.4 Å². The van der Waals surface area contributed by atoms with Crippen molar-refractivity contribution >= 4 is 34.0 Å². The van der Waals surface area contributed by atoms with E-state index in [1.54, 1.807) is 50.2 Å². The molecule has 0 spiro atoms. The summed E-state index contributed by atoms with van der Waals surface area (Å²) in [6.07, 6.45) is 4.66. The van der Waals surface area contributed by atoms with Gasteiger partial charge in [-0.15, -0.1) is 0 Å². The molecule has 0 unspecified atom stereocenters. The number of hydrogen-bond donors (Lipinski definition) is 2. The monoisotopic (exact) mass is 586 g/mol. The first-order valence-electron chi connectivity index (χ1n) is 14.7. The molecule has 0 radical (unpaired) electrons. The van der Waals surface area contributed by atoms with E-state index in [9.17, 15) is 23.6 Å². The Bertz CT molecular complexity index is 1930. The van der Waals surface area contributed by atoms with Crippen LogP contribution in [0.25, 0.3) is 16.6 Å². The van der Waals surface area contributed by atoms with Gasteiger partial charge in [-0.1, -0.05) is 18.6 Å². The van der Waals surface area contributed by atoms with Gasteiger partial charge in [-0.3, -0.25) is 33.0 Å². The highest BCUT2D eigenvalue weighted by Crippen LogP contribution is 2.34. The maximum atomic E-state index is 14.9. The molecule has 1 saturated carbocycles. The third kappa shape index (κ3) is 5.40. The number of likely N-dealkylation sites (tertiary alicyclic amines) is 1. The molecule has 1 amide bonds. The number of aryl methyl sites for hydroxylation is 2. The van der Waals surface area contributed by atoms with Gasteiger partial charge in [0.15, 0.2) is 0 Å². The number of anilines is 3. The second-order valence-corrected chi connectivity index (χ2v) is 11.6. The minimum atomic E-state index is -0.569. The highest BCUT2D eigenvalue weighted by Gasteiger charge is 2.31. The van der Waals surface area contributed by atoms with Gasteiger partial charge in [-0.2, -0.15) is 0 Å². The normalized spacial score (nSPS) is 15.5. The number of piperidine rings is 1. The van der Waals surface area contributed by atoms with Gasteiger partial charge in [0.1, 0.15) is 17.0 Å². The summed E-state index contributed by atoms with van der Waals surface area (Å²) in [5.74, 6) is -0.603. The Morgan fingerprint density at radius 1 is 0.977 bits per heavy atom. The molecule has 1 saturated heterocycles. The standard InChI is InChI=1S/C32H35FN6O4/c1-19-10-13-25(24(33)16-19)35-29-27-28(20(2)30(41)36(29)3)38(32(43)39(31(27)42)22-11-12-22)23-9-7-8-21(17-23)34-26(40)18-37-14-5-4-6-15-37/h7-10,13,16-17,22,35H,4-6,11-12,14-15,18H2,1-3H3,(H,34,40). The van der Waals surface area contributed by atoms with Crippen molar-refractivity contribution in [2.24, 2.45) is 7.05 Å². The summed E-state index contributed by atoms with van der Waals surface area (Å²) in [4.78, 5) is 56.5. The Balaban J connectivity index is 1.52. The molecule has 2 N–H and O–H groups in total. The van der Waals surface area contributed by atoms with Crippen molar-refractivity contribution in [2.45, 2.75) is 52.0 Å². The zero-order valence-electron chi connectivity index (χ0n) is 24.6. The van der Waals surface area contributed by atoms with Crippen LogP contribution in [-0.2, 0) is 11.8 Å². The fourth-order valence-electron chi connectivity index (χ4n) is 5.95. The lowest BCUT2D eigenvalue weighted by molar-refractivity contribution is -0.117. The average Bonchev–Trinajstić information content (AvgIpc) is 3.81. The summed E-state index contributed by atoms with van der Waals surface area (Å²) in [5.41, 5.74) is 0.488. The van der Waals surface area contributed by atoms with Gasteiger partial charge < -0.3 is 10.6 Å². The average molecular weight is 587 g/mol. The SMILES string of the molecule is Cc1ccc(Nc2c3c(=O)n(C4CC4)c(=O)n(-c4cccc(NC(=O)CN5CCCCC5)c4)c3c(C)c(=O)n2C)c(F)c1. The maximum absolute atomic E-state index is 14.9. The molecule has 2 fully saturated rings. The molecule has 2 aromatic heterocycles. The number of nitrogens with one attached hydrogen (secondary N) is 2. The third-order valence-corrected chi connectivity index (χ3v) is 8.34. The summed E-state index contributed by atoms with van der Waals surface area (Å²) >= 11 is 0. The summed E-state index contributed by atoms with van der Waals surface area (Å²) < 4.78 is 18.8. The quantitative estimate of drug-likeness (QED) is 0.337. The molecule has 10 nitrogen and oxygen atoms in total. The fraction of sp³-hybridized carbons (Fsp3) is 0.375. The van der Waals surface area contributed by atoms with E-state index in [1.165, 1.54) is 33.2 Å². The maximum Gasteiger partial charge on any atom is 0.336 e. The Morgan fingerprint density at radius 2 is 1.72 bits per heavy atom. The van der Waals surface area contributed by atoms with E-state index >= 15 is 0 Å². The first-order chi connectivity index (χ1) is 20.6. The van der Waals surface area contributed by atoms with Crippen molar-refractivity contribution in [1.29, 1.82) is 0 Å². The van der Waals surface area contributed by atoms with E-state index < -0.39 is 22.6 Å². The van der Waals surface area contributed by atoms with Crippen LogP contribution in [0.4, 0.5) is 21.6 Å². The van der Waals surface area contributed by atoms with Crippen molar-refractivity contribution in [1.82, 2.24) is 18.6 Å². The minimum Gasteiger partial charge on any atom is -0.338 e. The largest absolute Gasteiger partial charge is 0.338 e. The Hall–Kier alpha value is -4.51. The van der Waals surface area contributed by atoms with Crippen LogP contribution >= 0.6 is 0 Å². The Labute approximate surface area is 247 Å². The number of pyridine rings is 1. The number of benzene rings is 2.